The molecule has 1 N–H and O–H groups in total. The first-order valence-electron chi connectivity index (χ1n) is 5.53. The molecule has 18 heavy (non-hydrogen) atoms. The highest BCUT2D eigenvalue weighted by Gasteiger charge is 2.08. The largest absolute Gasteiger partial charge is 0.265 e. The molecular weight excluding hydrogens is 228 g/mol. The summed E-state index contributed by atoms with van der Waals surface area (Å²) in [5, 5.41) is 16.3. The Labute approximate surface area is 103 Å². The van der Waals surface area contributed by atoms with Crippen molar-refractivity contribution in [2.24, 2.45) is 5.29 Å². The third kappa shape index (κ3) is 1.59. The molecule has 0 aliphatic carbocycles. The molecule has 0 aromatic heterocycles. The average molecular weight is 238 g/mol. The number of hydrogen-bond donors (Lipinski definition) is 1. The van der Waals surface area contributed by atoms with Crippen LogP contribution in [0.1, 0.15) is 0 Å². The van der Waals surface area contributed by atoms with Gasteiger partial charge in [-0.15, -0.1) is 10.1 Å². The second-order valence-corrected chi connectivity index (χ2v) is 4.07. The van der Waals surface area contributed by atoms with Crippen LogP contribution in [0.2, 0.25) is 0 Å². The minimum Gasteiger partial charge on any atom is -0.265 e. The molecule has 3 aromatic rings. The molecule has 4 nitrogen and oxygen atoms in total. The first-order valence-corrected chi connectivity index (χ1v) is 5.53. The molecule has 0 radical (unpaired) electrons. The van der Waals surface area contributed by atoms with Gasteiger partial charge in [-0.25, -0.2) is 0 Å². The monoisotopic (exact) mass is 238 g/mol. The lowest BCUT2D eigenvalue weighted by Crippen LogP contribution is -2.08. The number of anilines is 1. The molecule has 4 heteroatoms. The van der Waals surface area contributed by atoms with Gasteiger partial charge >= 0.3 is 0 Å². The first kappa shape index (κ1) is 10.7. The van der Waals surface area contributed by atoms with Gasteiger partial charge in [0.15, 0.2) is 0 Å². The summed E-state index contributed by atoms with van der Waals surface area (Å²) >= 11 is 0. The zero-order chi connectivity index (χ0) is 12.5. The molecule has 0 amide bonds. The van der Waals surface area contributed by atoms with Gasteiger partial charge in [-0.2, -0.15) is 0 Å². The van der Waals surface area contributed by atoms with Crippen molar-refractivity contribution in [3.63, 3.8) is 0 Å². The van der Waals surface area contributed by atoms with Gasteiger partial charge in [0, 0.05) is 5.39 Å². The van der Waals surface area contributed by atoms with Crippen molar-refractivity contribution < 1.29 is 5.21 Å². The van der Waals surface area contributed by atoms with Crippen LogP contribution in [0.25, 0.3) is 21.5 Å². The Morgan fingerprint density at radius 2 is 1.56 bits per heavy atom. The molecule has 0 heterocycles. The number of fused-ring (bicyclic) bond motifs is 2. The molecule has 88 valence electrons. The fourth-order valence-electron chi connectivity index (χ4n) is 2.17. The molecule has 0 unspecified atom stereocenters. The average Bonchev–Trinajstić information content (AvgIpc) is 2.43. The predicted octanol–water partition coefficient (Wildman–Crippen LogP) is 3.87. The third-order valence-corrected chi connectivity index (χ3v) is 3.02. The molecule has 3 aromatic carbocycles. The summed E-state index contributed by atoms with van der Waals surface area (Å²) in [6.07, 6.45) is 0. The summed E-state index contributed by atoms with van der Waals surface area (Å²) in [7, 11) is 0. The van der Waals surface area contributed by atoms with Crippen LogP contribution in [0, 0.1) is 4.91 Å². The van der Waals surface area contributed by atoms with Gasteiger partial charge in [-0.05, 0) is 34.4 Å². The molecule has 0 aliphatic rings. The van der Waals surface area contributed by atoms with E-state index in [1.807, 2.05) is 42.5 Å². The van der Waals surface area contributed by atoms with E-state index in [0.717, 1.165) is 21.5 Å². The smallest absolute Gasteiger partial charge is 0.101 e. The lowest BCUT2D eigenvalue weighted by Gasteiger charge is -2.10. The van der Waals surface area contributed by atoms with E-state index < -0.39 is 0 Å². The van der Waals surface area contributed by atoms with E-state index in [0.29, 0.717) is 10.9 Å². The van der Waals surface area contributed by atoms with Crippen molar-refractivity contribution in [2.45, 2.75) is 0 Å². The van der Waals surface area contributed by atoms with Crippen LogP contribution in [0.15, 0.2) is 59.9 Å². The van der Waals surface area contributed by atoms with E-state index in [9.17, 15) is 10.1 Å². The fourth-order valence-corrected chi connectivity index (χ4v) is 2.17. The van der Waals surface area contributed by atoms with Crippen molar-refractivity contribution in [1.82, 2.24) is 0 Å². The Kier molecular flexibility index (Phi) is 2.42. The molecule has 0 spiro atoms. The predicted molar refractivity (Wildman–Crippen MR) is 71.5 cm³/mol. The van der Waals surface area contributed by atoms with E-state index in [4.69, 9.17) is 0 Å². The van der Waals surface area contributed by atoms with Crippen LogP contribution in [0.3, 0.4) is 0 Å². The normalized spacial score (nSPS) is 10.7. The van der Waals surface area contributed by atoms with Crippen molar-refractivity contribution in [2.75, 3.05) is 5.17 Å². The van der Waals surface area contributed by atoms with Gasteiger partial charge in [-0.3, -0.25) is 5.21 Å². The van der Waals surface area contributed by atoms with Crippen molar-refractivity contribution >= 4 is 27.2 Å². The Morgan fingerprint density at radius 3 is 2.28 bits per heavy atom. The lowest BCUT2D eigenvalue weighted by molar-refractivity contribution is 0.259. The second kappa shape index (κ2) is 4.09. The van der Waals surface area contributed by atoms with Crippen LogP contribution >= 0.6 is 0 Å². The van der Waals surface area contributed by atoms with Crippen molar-refractivity contribution in [3.05, 3.63) is 59.5 Å². The van der Waals surface area contributed by atoms with E-state index in [1.54, 1.807) is 12.1 Å². The van der Waals surface area contributed by atoms with E-state index in [2.05, 4.69) is 5.29 Å². The zero-order valence-corrected chi connectivity index (χ0v) is 9.45. The number of benzene rings is 3. The molecule has 0 bridgehead atoms. The van der Waals surface area contributed by atoms with E-state index in [1.165, 1.54) is 0 Å². The second-order valence-electron chi connectivity index (χ2n) is 4.07. The summed E-state index contributed by atoms with van der Waals surface area (Å²) in [6.45, 7) is 0. The van der Waals surface area contributed by atoms with Crippen LogP contribution in [-0.4, -0.2) is 5.21 Å². The van der Waals surface area contributed by atoms with Crippen LogP contribution in [-0.2, 0) is 0 Å². The summed E-state index contributed by atoms with van der Waals surface area (Å²) in [4.78, 5) is 10.4. The summed E-state index contributed by atoms with van der Waals surface area (Å²) in [6, 6.07) is 17.3. The summed E-state index contributed by atoms with van der Waals surface area (Å²) in [5.41, 5.74) is 0.383. The van der Waals surface area contributed by atoms with Crippen molar-refractivity contribution in [3.8, 4) is 0 Å². The highest BCUT2D eigenvalue weighted by atomic mass is 16.6. The van der Waals surface area contributed by atoms with Gasteiger partial charge in [0.2, 0.25) is 0 Å². The third-order valence-electron chi connectivity index (χ3n) is 3.02. The Bertz CT molecular complexity index is 740. The van der Waals surface area contributed by atoms with Gasteiger partial charge in [0.1, 0.15) is 5.69 Å². The summed E-state index contributed by atoms with van der Waals surface area (Å²) < 4.78 is 0. The zero-order valence-electron chi connectivity index (χ0n) is 9.45. The highest BCUT2D eigenvalue weighted by Crippen LogP contribution is 2.30. The Morgan fingerprint density at radius 1 is 0.889 bits per heavy atom. The van der Waals surface area contributed by atoms with Gasteiger partial charge in [0.05, 0.1) is 5.29 Å². The van der Waals surface area contributed by atoms with Crippen LogP contribution < -0.4 is 5.17 Å². The van der Waals surface area contributed by atoms with Crippen LogP contribution in [0.4, 0.5) is 5.69 Å². The minimum atomic E-state index is 0.358. The van der Waals surface area contributed by atoms with Crippen molar-refractivity contribution in [1.29, 1.82) is 0 Å². The lowest BCUT2D eigenvalue weighted by atomic mass is 10.0. The van der Waals surface area contributed by atoms with Gasteiger partial charge in [0.25, 0.3) is 0 Å². The maximum absolute atomic E-state index is 10.4. The number of hydrogen-bond acceptors (Lipinski definition) is 3. The van der Waals surface area contributed by atoms with Gasteiger partial charge < -0.3 is 0 Å². The molecule has 0 aliphatic heterocycles. The number of rotatable bonds is 2. The van der Waals surface area contributed by atoms with Gasteiger partial charge in [-0.1, -0.05) is 36.4 Å². The maximum atomic E-state index is 10.4. The molecular formula is C14H10N2O2. The van der Waals surface area contributed by atoms with E-state index >= 15 is 0 Å². The molecule has 3 rings (SSSR count). The molecule has 0 fully saturated rings. The molecule has 0 saturated heterocycles. The highest BCUT2D eigenvalue weighted by molar-refractivity contribution is 6.03. The minimum absolute atomic E-state index is 0.358. The SMILES string of the molecule is O=NN(O)c1cccc2cc3ccccc3cc12. The number of nitrogens with zero attached hydrogens (tertiary/aromatic N) is 2. The quantitative estimate of drug-likeness (QED) is 0.419. The summed E-state index contributed by atoms with van der Waals surface area (Å²) in [5.74, 6) is 0. The molecule has 0 saturated carbocycles. The number of nitroso groups, excluding NO2 is 1. The van der Waals surface area contributed by atoms with Crippen LogP contribution in [0.5, 0.6) is 0 Å². The standard InChI is InChI=1S/C14H10N2O2/c17-15-16(18)14-7-3-6-12-8-10-4-1-2-5-11(10)9-13(12)14/h1-9,18H. The first-order chi connectivity index (χ1) is 8.79. The fraction of sp³-hybridized carbons (Fsp3) is 0. The Balaban J connectivity index is 2.39. The Hall–Kier alpha value is -2.46. The topological polar surface area (TPSA) is 52.9 Å². The van der Waals surface area contributed by atoms with E-state index in [-0.39, 0.29) is 0 Å². The molecule has 0 atom stereocenters. The maximum Gasteiger partial charge on any atom is 0.101 e.